The Morgan fingerprint density at radius 2 is 1.98 bits per heavy atom. The molecule has 0 atom stereocenters. The highest BCUT2D eigenvalue weighted by atomic mass is 32.2. The van der Waals surface area contributed by atoms with Crippen LogP contribution in [-0.4, -0.2) is 64.1 Å². The van der Waals surface area contributed by atoms with Crippen molar-refractivity contribution < 1.29 is 22.5 Å². The molecule has 43 heavy (non-hydrogen) atoms. The molecule has 226 valence electrons. The van der Waals surface area contributed by atoms with Gasteiger partial charge in [-0.25, -0.2) is 9.97 Å². The normalized spacial score (nSPS) is 13.0. The summed E-state index contributed by atoms with van der Waals surface area (Å²) in [7, 11) is -4.07. The molecule has 0 radical (unpaired) electrons. The van der Waals surface area contributed by atoms with Gasteiger partial charge in [-0.2, -0.15) is 13.5 Å². The summed E-state index contributed by atoms with van der Waals surface area (Å²) in [5.41, 5.74) is 7.10. The van der Waals surface area contributed by atoms with Crippen LogP contribution in [0.3, 0.4) is 0 Å². The zero-order valence-corrected chi connectivity index (χ0v) is 25.2. The van der Waals surface area contributed by atoms with Crippen molar-refractivity contribution >= 4 is 27.7 Å². The van der Waals surface area contributed by atoms with Gasteiger partial charge in [0.2, 0.25) is 11.9 Å². The number of carbonyl (C=O) groups excluding carboxylic acids is 1. The maximum absolute atomic E-state index is 13.3. The Hall–Kier alpha value is -4.29. The molecule has 0 unspecified atom stereocenters. The number of aromatic nitrogens is 4. The zero-order chi connectivity index (χ0) is 30.4. The minimum atomic E-state index is -4.07. The van der Waals surface area contributed by atoms with Crippen LogP contribution in [0.2, 0.25) is 0 Å². The Labute approximate surface area is 251 Å². The maximum Gasteiger partial charge on any atom is 0.266 e. The molecule has 0 aliphatic carbocycles. The van der Waals surface area contributed by atoms with Gasteiger partial charge in [-0.3, -0.25) is 14.0 Å². The Morgan fingerprint density at radius 1 is 1.14 bits per heavy atom. The molecule has 2 N–H and O–H groups in total. The SMILES string of the molecule is Cc1cccc(OCCCC(=O)N2CCCc3c(-c4cnn(Cc5ccnc(NCCS(=O)(=O)O)n5)c4)cccc32)c1C. The molecule has 3 heterocycles. The summed E-state index contributed by atoms with van der Waals surface area (Å²) in [5, 5.41) is 7.33. The third-order valence-electron chi connectivity index (χ3n) is 7.52. The highest BCUT2D eigenvalue weighted by molar-refractivity contribution is 7.85. The summed E-state index contributed by atoms with van der Waals surface area (Å²) in [6, 6.07) is 13.8. The quantitative estimate of drug-likeness (QED) is 0.177. The number of aryl methyl sites for hydroxylation is 1. The van der Waals surface area contributed by atoms with Crippen LogP contribution < -0.4 is 15.0 Å². The van der Waals surface area contributed by atoms with E-state index >= 15 is 0 Å². The molecule has 1 aliphatic rings. The van der Waals surface area contributed by atoms with Crippen LogP contribution in [0.1, 0.15) is 41.6 Å². The number of hydrogen-bond donors (Lipinski definition) is 2. The van der Waals surface area contributed by atoms with E-state index in [2.05, 4.69) is 39.4 Å². The van der Waals surface area contributed by atoms with E-state index in [1.807, 2.05) is 48.5 Å². The number of nitrogens with zero attached hydrogens (tertiary/aromatic N) is 5. The molecule has 0 saturated heterocycles. The van der Waals surface area contributed by atoms with Crippen molar-refractivity contribution in [2.45, 2.75) is 46.1 Å². The summed E-state index contributed by atoms with van der Waals surface area (Å²) in [6.07, 6.45) is 8.17. The van der Waals surface area contributed by atoms with Crippen molar-refractivity contribution in [3.05, 3.63) is 83.4 Å². The molecule has 0 fully saturated rings. The second-order valence-electron chi connectivity index (χ2n) is 10.6. The van der Waals surface area contributed by atoms with E-state index in [9.17, 15) is 13.2 Å². The van der Waals surface area contributed by atoms with Gasteiger partial charge in [0.15, 0.2) is 0 Å². The minimum absolute atomic E-state index is 0.00622. The van der Waals surface area contributed by atoms with Crippen LogP contribution in [0.25, 0.3) is 11.1 Å². The van der Waals surface area contributed by atoms with Crippen molar-refractivity contribution in [1.82, 2.24) is 19.7 Å². The van der Waals surface area contributed by atoms with Gasteiger partial charge in [0.05, 0.1) is 30.8 Å². The second kappa shape index (κ2) is 13.3. The number of ether oxygens (including phenoxy) is 1. The number of nitrogens with one attached hydrogen (secondary N) is 1. The predicted molar refractivity (Wildman–Crippen MR) is 165 cm³/mol. The Kier molecular flexibility index (Phi) is 9.37. The molecule has 11 nitrogen and oxygen atoms in total. The molecule has 2 aromatic carbocycles. The Balaban J connectivity index is 1.22. The summed E-state index contributed by atoms with van der Waals surface area (Å²) in [4.78, 5) is 23.7. The lowest BCUT2D eigenvalue weighted by Gasteiger charge is -2.31. The van der Waals surface area contributed by atoms with Gasteiger partial charge < -0.3 is 15.0 Å². The van der Waals surface area contributed by atoms with Crippen molar-refractivity contribution in [1.29, 1.82) is 0 Å². The van der Waals surface area contributed by atoms with Crippen molar-refractivity contribution in [2.24, 2.45) is 0 Å². The first-order valence-electron chi connectivity index (χ1n) is 14.3. The molecule has 12 heteroatoms. The van der Waals surface area contributed by atoms with E-state index in [4.69, 9.17) is 9.29 Å². The lowest BCUT2D eigenvalue weighted by Crippen LogP contribution is -2.35. The van der Waals surface area contributed by atoms with E-state index in [-0.39, 0.29) is 18.4 Å². The molecule has 2 aromatic heterocycles. The first kappa shape index (κ1) is 30.2. The molecule has 5 rings (SSSR count). The van der Waals surface area contributed by atoms with Gasteiger partial charge in [-0.1, -0.05) is 24.3 Å². The van der Waals surface area contributed by atoms with Crippen LogP contribution in [0.5, 0.6) is 5.75 Å². The first-order chi connectivity index (χ1) is 20.7. The largest absolute Gasteiger partial charge is 0.493 e. The monoisotopic (exact) mass is 604 g/mol. The summed E-state index contributed by atoms with van der Waals surface area (Å²) in [6.45, 7) is 5.68. The summed E-state index contributed by atoms with van der Waals surface area (Å²) < 4.78 is 38.5. The lowest BCUT2D eigenvalue weighted by atomic mass is 9.93. The van der Waals surface area contributed by atoms with E-state index in [1.54, 1.807) is 16.9 Å². The van der Waals surface area contributed by atoms with E-state index in [0.717, 1.165) is 46.5 Å². The number of amides is 1. The third kappa shape index (κ3) is 7.76. The minimum Gasteiger partial charge on any atom is -0.493 e. The molecular formula is C31H36N6O5S. The highest BCUT2D eigenvalue weighted by Gasteiger charge is 2.25. The summed E-state index contributed by atoms with van der Waals surface area (Å²) in [5.74, 6) is 0.805. The van der Waals surface area contributed by atoms with Crippen LogP contribution in [-0.2, 0) is 27.9 Å². The number of fused-ring (bicyclic) bond motifs is 1. The van der Waals surface area contributed by atoms with Crippen LogP contribution in [0.4, 0.5) is 11.6 Å². The van der Waals surface area contributed by atoms with Crippen LogP contribution in [0, 0.1) is 13.8 Å². The number of rotatable bonds is 12. The summed E-state index contributed by atoms with van der Waals surface area (Å²) >= 11 is 0. The van der Waals surface area contributed by atoms with Gasteiger partial charge in [-0.05, 0) is 73.6 Å². The Morgan fingerprint density at radius 3 is 2.81 bits per heavy atom. The fourth-order valence-corrected chi connectivity index (χ4v) is 5.55. The average Bonchev–Trinajstić information content (AvgIpc) is 3.44. The molecule has 0 spiro atoms. The van der Waals surface area contributed by atoms with Crippen LogP contribution in [0.15, 0.2) is 61.1 Å². The van der Waals surface area contributed by atoms with E-state index in [0.29, 0.717) is 38.2 Å². The van der Waals surface area contributed by atoms with Gasteiger partial charge in [0.25, 0.3) is 10.1 Å². The molecule has 0 saturated carbocycles. The van der Waals surface area contributed by atoms with Gasteiger partial charge in [-0.15, -0.1) is 0 Å². The molecule has 0 bridgehead atoms. The van der Waals surface area contributed by atoms with Gasteiger partial charge in [0.1, 0.15) is 5.75 Å². The van der Waals surface area contributed by atoms with Crippen molar-refractivity contribution in [3.8, 4) is 16.9 Å². The average molecular weight is 605 g/mol. The first-order valence-corrected chi connectivity index (χ1v) is 15.9. The molecule has 1 aliphatic heterocycles. The van der Waals surface area contributed by atoms with Gasteiger partial charge >= 0.3 is 0 Å². The lowest BCUT2D eigenvalue weighted by molar-refractivity contribution is -0.118. The third-order valence-corrected chi connectivity index (χ3v) is 8.24. The number of benzene rings is 2. The van der Waals surface area contributed by atoms with Crippen molar-refractivity contribution in [2.75, 3.05) is 35.7 Å². The van der Waals surface area contributed by atoms with Crippen LogP contribution >= 0.6 is 0 Å². The number of hydrogen-bond acceptors (Lipinski definition) is 8. The number of carbonyl (C=O) groups is 1. The van der Waals surface area contributed by atoms with Crippen molar-refractivity contribution in [3.63, 3.8) is 0 Å². The standard InChI is InChI=1S/C31H36N6O5S/c1-22-7-3-11-29(23(22)2)42-17-6-12-30(38)37-16-5-9-27-26(8-4-10-28(27)37)24-19-34-36(20-24)21-25-13-14-32-31(35-25)33-15-18-43(39,40)41/h3-4,7-8,10-11,13-14,19-20H,5-6,9,12,15-18,21H2,1-2H3,(H,32,33,35)(H,39,40,41). The molecular weight excluding hydrogens is 568 g/mol. The maximum atomic E-state index is 13.3. The predicted octanol–water partition coefficient (Wildman–Crippen LogP) is 4.44. The topological polar surface area (TPSA) is 140 Å². The fraction of sp³-hybridized carbons (Fsp3) is 0.355. The Bertz CT molecular complexity index is 1700. The highest BCUT2D eigenvalue weighted by Crippen LogP contribution is 2.36. The molecule has 4 aromatic rings. The van der Waals surface area contributed by atoms with E-state index < -0.39 is 15.9 Å². The number of anilines is 2. The second-order valence-corrected chi connectivity index (χ2v) is 12.2. The fourth-order valence-electron chi connectivity index (χ4n) is 5.19. The van der Waals surface area contributed by atoms with E-state index in [1.165, 1.54) is 5.56 Å². The molecule has 1 amide bonds. The zero-order valence-electron chi connectivity index (χ0n) is 24.4. The smallest absolute Gasteiger partial charge is 0.266 e. The van der Waals surface area contributed by atoms with Gasteiger partial charge in [0, 0.05) is 43.2 Å².